The van der Waals surface area contributed by atoms with Crippen LogP contribution in [0.3, 0.4) is 0 Å². The Hall–Kier alpha value is -1.81. The highest BCUT2D eigenvalue weighted by Crippen LogP contribution is 2.29. The van der Waals surface area contributed by atoms with Gasteiger partial charge in [0.15, 0.2) is 0 Å². The largest absolute Gasteiger partial charge is 0.478 e. The lowest BCUT2D eigenvalue weighted by molar-refractivity contribution is 0.0698. The first-order chi connectivity index (χ1) is 8.54. The predicted octanol–water partition coefficient (Wildman–Crippen LogP) is 3.23. The van der Waals surface area contributed by atoms with Gasteiger partial charge in [0, 0.05) is 28.4 Å². The fourth-order valence-corrected chi connectivity index (χ4v) is 2.13. The van der Waals surface area contributed by atoms with E-state index in [2.05, 4.69) is 5.10 Å². The Morgan fingerprint density at radius 2 is 2.17 bits per heavy atom. The molecular formula is C13H13ClN2O2. The van der Waals surface area contributed by atoms with Crippen molar-refractivity contribution in [2.75, 3.05) is 0 Å². The standard InChI is InChI=1S/C13H13ClN2O2/c1-3-16-8(2)12(7-15-16)11-6-9(14)4-5-10(11)13(17)18/h4-7H,3H2,1-2H3,(H,17,18). The minimum Gasteiger partial charge on any atom is -0.478 e. The highest BCUT2D eigenvalue weighted by atomic mass is 35.5. The quantitative estimate of drug-likeness (QED) is 0.926. The van der Waals surface area contributed by atoms with E-state index in [-0.39, 0.29) is 5.56 Å². The molecule has 1 heterocycles. The van der Waals surface area contributed by atoms with E-state index in [1.165, 1.54) is 6.07 Å². The molecule has 2 rings (SSSR count). The second-order valence-corrected chi connectivity index (χ2v) is 4.39. The number of aryl methyl sites for hydroxylation is 1. The molecular weight excluding hydrogens is 252 g/mol. The molecule has 0 fully saturated rings. The van der Waals surface area contributed by atoms with Gasteiger partial charge in [-0.3, -0.25) is 4.68 Å². The van der Waals surface area contributed by atoms with Crippen LogP contribution in [0.5, 0.6) is 0 Å². The van der Waals surface area contributed by atoms with Crippen molar-refractivity contribution in [3.05, 3.63) is 40.7 Å². The minimum absolute atomic E-state index is 0.234. The summed E-state index contributed by atoms with van der Waals surface area (Å²) in [4.78, 5) is 11.2. The zero-order chi connectivity index (χ0) is 13.3. The zero-order valence-electron chi connectivity index (χ0n) is 10.1. The van der Waals surface area contributed by atoms with Crippen molar-refractivity contribution >= 4 is 17.6 Å². The molecule has 0 atom stereocenters. The normalized spacial score (nSPS) is 10.6. The summed E-state index contributed by atoms with van der Waals surface area (Å²) in [5.74, 6) is -0.967. The second-order valence-electron chi connectivity index (χ2n) is 3.95. The molecule has 0 unspecified atom stereocenters. The molecule has 4 nitrogen and oxygen atoms in total. The van der Waals surface area contributed by atoms with Crippen LogP contribution >= 0.6 is 11.6 Å². The Morgan fingerprint density at radius 3 is 2.72 bits per heavy atom. The fraction of sp³-hybridized carbons (Fsp3) is 0.231. The van der Waals surface area contributed by atoms with Gasteiger partial charge in [0.25, 0.3) is 0 Å². The molecule has 0 radical (unpaired) electrons. The van der Waals surface area contributed by atoms with Crippen molar-refractivity contribution in [3.63, 3.8) is 0 Å². The molecule has 1 aromatic carbocycles. The molecule has 5 heteroatoms. The predicted molar refractivity (Wildman–Crippen MR) is 70.0 cm³/mol. The fourth-order valence-electron chi connectivity index (χ4n) is 1.96. The Morgan fingerprint density at radius 1 is 1.44 bits per heavy atom. The van der Waals surface area contributed by atoms with Crippen molar-refractivity contribution in [1.29, 1.82) is 0 Å². The first kappa shape index (κ1) is 12.6. The summed E-state index contributed by atoms with van der Waals surface area (Å²) in [6, 6.07) is 4.76. The summed E-state index contributed by atoms with van der Waals surface area (Å²) in [5.41, 5.74) is 2.57. The SMILES string of the molecule is CCn1ncc(-c2cc(Cl)ccc2C(=O)O)c1C. The summed E-state index contributed by atoms with van der Waals surface area (Å²) in [6.07, 6.45) is 1.68. The number of carbonyl (C=O) groups is 1. The number of aromatic carboxylic acids is 1. The lowest BCUT2D eigenvalue weighted by atomic mass is 10.0. The van der Waals surface area contributed by atoms with E-state index >= 15 is 0 Å². The van der Waals surface area contributed by atoms with Gasteiger partial charge >= 0.3 is 5.97 Å². The Bertz CT molecular complexity index is 605. The van der Waals surface area contributed by atoms with E-state index < -0.39 is 5.97 Å². The zero-order valence-corrected chi connectivity index (χ0v) is 10.9. The van der Waals surface area contributed by atoms with Crippen molar-refractivity contribution in [2.24, 2.45) is 0 Å². The molecule has 0 spiro atoms. The van der Waals surface area contributed by atoms with Crippen molar-refractivity contribution < 1.29 is 9.90 Å². The molecule has 1 N–H and O–H groups in total. The lowest BCUT2D eigenvalue weighted by Crippen LogP contribution is -2.01. The number of hydrogen-bond acceptors (Lipinski definition) is 2. The monoisotopic (exact) mass is 264 g/mol. The van der Waals surface area contributed by atoms with Gasteiger partial charge in [-0.1, -0.05) is 11.6 Å². The molecule has 18 heavy (non-hydrogen) atoms. The summed E-state index contributed by atoms with van der Waals surface area (Å²) in [6.45, 7) is 4.65. The van der Waals surface area contributed by atoms with Gasteiger partial charge in [0.05, 0.1) is 11.8 Å². The molecule has 0 saturated carbocycles. The summed E-state index contributed by atoms with van der Waals surface area (Å²) >= 11 is 5.94. The molecule has 2 aromatic rings. The summed E-state index contributed by atoms with van der Waals surface area (Å²) in [5, 5.41) is 13.9. The van der Waals surface area contributed by atoms with Crippen LogP contribution in [0.2, 0.25) is 5.02 Å². The first-order valence-electron chi connectivity index (χ1n) is 5.60. The number of nitrogens with zero attached hydrogens (tertiary/aromatic N) is 2. The van der Waals surface area contributed by atoms with Gasteiger partial charge in [-0.15, -0.1) is 0 Å². The molecule has 0 saturated heterocycles. The average Bonchev–Trinajstić information content (AvgIpc) is 2.69. The smallest absolute Gasteiger partial charge is 0.336 e. The molecule has 0 aliphatic carbocycles. The summed E-state index contributed by atoms with van der Waals surface area (Å²) < 4.78 is 1.82. The number of carboxylic acids is 1. The summed E-state index contributed by atoms with van der Waals surface area (Å²) in [7, 11) is 0. The van der Waals surface area contributed by atoms with E-state index in [0.717, 1.165) is 17.8 Å². The van der Waals surface area contributed by atoms with E-state index in [1.807, 2.05) is 18.5 Å². The third-order valence-electron chi connectivity index (χ3n) is 2.90. The van der Waals surface area contributed by atoms with Crippen molar-refractivity contribution in [3.8, 4) is 11.1 Å². The third-order valence-corrected chi connectivity index (χ3v) is 3.14. The van der Waals surface area contributed by atoms with Gasteiger partial charge in [0.1, 0.15) is 0 Å². The van der Waals surface area contributed by atoms with Gasteiger partial charge in [-0.05, 0) is 32.0 Å². The van der Waals surface area contributed by atoms with Crippen LogP contribution in [0.25, 0.3) is 11.1 Å². The van der Waals surface area contributed by atoms with E-state index in [1.54, 1.807) is 18.3 Å². The number of carboxylic acid groups (broad SMARTS) is 1. The Kier molecular flexibility index (Phi) is 3.39. The van der Waals surface area contributed by atoms with Crippen LogP contribution in [0, 0.1) is 6.92 Å². The maximum Gasteiger partial charge on any atom is 0.336 e. The minimum atomic E-state index is -0.967. The third kappa shape index (κ3) is 2.11. The molecule has 0 aliphatic heterocycles. The second kappa shape index (κ2) is 4.82. The van der Waals surface area contributed by atoms with Gasteiger partial charge in [-0.25, -0.2) is 4.79 Å². The number of halogens is 1. The van der Waals surface area contributed by atoms with Crippen LogP contribution < -0.4 is 0 Å². The van der Waals surface area contributed by atoms with Crippen molar-refractivity contribution in [1.82, 2.24) is 9.78 Å². The van der Waals surface area contributed by atoms with Crippen LogP contribution in [0.4, 0.5) is 0 Å². The van der Waals surface area contributed by atoms with Gasteiger partial charge < -0.3 is 5.11 Å². The maximum atomic E-state index is 11.2. The number of rotatable bonds is 3. The van der Waals surface area contributed by atoms with E-state index in [9.17, 15) is 9.90 Å². The van der Waals surface area contributed by atoms with E-state index in [0.29, 0.717) is 10.6 Å². The van der Waals surface area contributed by atoms with Crippen molar-refractivity contribution in [2.45, 2.75) is 20.4 Å². The van der Waals surface area contributed by atoms with E-state index in [4.69, 9.17) is 11.6 Å². The topological polar surface area (TPSA) is 55.1 Å². The Labute approximate surface area is 110 Å². The average molecular weight is 265 g/mol. The number of aromatic nitrogens is 2. The van der Waals surface area contributed by atoms with Crippen LogP contribution in [0.1, 0.15) is 23.0 Å². The highest BCUT2D eigenvalue weighted by molar-refractivity contribution is 6.31. The number of hydrogen-bond donors (Lipinski definition) is 1. The molecule has 0 bridgehead atoms. The lowest BCUT2D eigenvalue weighted by Gasteiger charge is -2.07. The number of benzene rings is 1. The molecule has 94 valence electrons. The molecule has 0 aliphatic rings. The van der Waals surface area contributed by atoms with Crippen LogP contribution in [-0.4, -0.2) is 20.9 Å². The van der Waals surface area contributed by atoms with Gasteiger partial charge in [-0.2, -0.15) is 5.10 Å². The first-order valence-corrected chi connectivity index (χ1v) is 5.98. The Balaban J connectivity index is 2.65. The highest BCUT2D eigenvalue weighted by Gasteiger charge is 2.16. The van der Waals surface area contributed by atoms with Crippen LogP contribution in [0.15, 0.2) is 24.4 Å². The molecule has 1 aromatic heterocycles. The van der Waals surface area contributed by atoms with Gasteiger partial charge in [0.2, 0.25) is 0 Å². The molecule has 0 amide bonds. The maximum absolute atomic E-state index is 11.2. The van der Waals surface area contributed by atoms with Crippen LogP contribution in [-0.2, 0) is 6.54 Å².